The number of aromatic nitrogens is 1. The number of hydrogen-bond donors (Lipinski definition) is 2. The summed E-state index contributed by atoms with van der Waals surface area (Å²) < 4.78 is 7.44. The summed E-state index contributed by atoms with van der Waals surface area (Å²) in [5, 5.41) is 5.71. The number of nitrogens with zero attached hydrogens (tertiary/aromatic N) is 1. The third-order valence-corrected chi connectivity index (χ3v) is 3.91. The van der Waals surface area contributed by atoms with Crippen LogP contribution in [-0.4, -0.2) is 24.3 Å². The Morgan fingerprint density at radius 1 is 1.04 bits per heavy atom. The third-order valence-electron chi connectivity index (χ3n) is 3.91. The van der Waals surface area contributed by atoms with E-state index in [1.165, 1.54) is 0 Å². The van der Waals surface area contributed by atoms with E-state index in [0.717, 1.165) is 16.9 Å². The fraction of sp³-hybridized carbons (Fsp3) is 0.150. The highest BCUT2D eigenvalue weighted by Gasteiger charge is 2.11. The number of benzene rings is 2. The number of anilines is 1. The first kappa shape index (κ1) is 16.8. The average Bonchev–Trinajstić information content (AvgIpc) is 3.18. The van der Waals surface area contributed by atoms with Gasteiger partial charge in [0.15, 0.2) is 0 Å². The highest BCUT2D eigenvalue weighted by atomic mass is 16.5. The summed E-state index contributed by atoms with van der Waals surface area (Å²) in [6, 6.07) is 21.2. The van der Waals surface area contributed by atoms with Crippen molar-refractivity contribution < 1.29 is 9.53 Å². The number of amides is 2. The van der Waals surface area contributed by atoms with Gasteiger partial charge < -0.3 is 19.9 Å². The van der Waals surface area contributed by atoms with Crippen LogP contribution in [0.4, 0.5) is 10.5 Å². The van der Waals surface area contributed by atoms with Crippen molar-refractivity contribution >= 4 is 11.7 Å². The molecule has 0 radical (unpaired) electrons. The predicted octanol–water partition coefficient (Wildman–Crippen LogP) is 3.99. The Labute approximate surface area is 147 Å². The summed E-state index contributed by atoms with van der Waals surface area (Å²) in [6.45, 7) is 0.392. The van der Waals surface area contributed by atoms with Crippen LogP contribution in [0.25, 0.3) is 5.69 Å². The molecule has 0 spiro atoms. The summed E-state index contributed by atoms with van der Waals surface area (Å²) in [5.74, 6) is 0. The van der Waals surface area contributed by atoms with Gasteiger partial charge in [0.25, 0.3) is 0 Å². The van der Waals surface area contributed by atoms with Gasteiger partial charge in [0, 0.05) is 37.4 Å². The van der Waals surface area contributed by atoms with Gasteiger partial charge in [-0.1, -0.05) is 36.4 Å². The van der Waals surface area contributed by atoms with E-state index < -0.39 is 0 Å². The Balaban J connectivity index is 1.58. The van der Waals surface area contributed by atoms with Crippen LogP contribution in [-0.2, 0) is 4.74 Å². The minimum Gasteiger partial charge on any atom is -0.375 e. The fourth-order valence-corrected chi connectivity index (χ4v) is 2.62. The Morgan fingerprint density at radius 2 is 1.80 bits per heavy atom. The maximum Gasteiger partial charge on any atom is 0.319 e. The zero-order valence-corrected chi connectivity index (χ0v) is 14.1. The molecule has 2 N–H and O–H groups in total. The van der Waals surface area contributed by atoms with Gasteiger partial charge in [-0.2, -0.15) is 0 Å². The van der Waals surface area contributed by atoms with Crippen LogP contribution in [0.5, 0.6) is 0 Å². The number of urea groups is 1. The SMILES string of the molecule is COC(CNC(=O)Nc1cccc(-n2cccc2)c1)c1ccccc1. The van der Waals surface area contributed by atoms with Gasteiger partial charge >= 0.3 is 6.03 Å². The zero-order valence-electron chi connectivity index (χ0n) is 14.1. The maximum absolute atomic E-state index is 12.2. The summed E-state index contributed by atoms with van der Waals surface area (Å²) in [4.78, 5) is 12.2. The van der Waals surface area contributed by atoms with Crippen LogP contribution in [0.15, 0.2) is 79.1 Å². The van der Waals surface area contributed by atoms with Crippen LogP contribution in [0.1, 0.15) is 11.7 Å². The predicted molar refractivity (Wildman–Crippen MR) is 99.0 cm³/mol. The monoisotopic (exact) mass is 335 g/mol. The number of carbonyl (C=O) groups excluding carboxylic acids is 1. The molecular weight excluding hydrogens is 314 g/mol. The Bertz CT molecular complexity index is 801. The summed E-state index contributed by atoms with van der Waals surface area (Å²) in [6.07, 6.45) is 3.74. The Morgan fingerprint density at radius 3 is 2.52 bits per heavy atom. The molecule has 5 heteroatoms. The molecule has 1 atom stereocenters. The van der Waals surface area contributed by atoms with Crippen LogP contribution in [0.2, 0.25) is 0 Å². The molecule has 0 aliphatic carbocycles. The second-order valence-electron chi connectivity index (χ2n) is 5.61. The zero-order chi connectivity index (χ0) is 17.5. The maximum atomic E-state index is 12.2. The number of methoxy groups -OCH3 is 1. The second kappa shape index (κ2) is 8.17. The van der Waals surface area contributed by atoms with Crippen molar-refractivity contribution in [3.05, 3.63) is 84.7 Å². The van der Waals surface area contributed by atoms with E-state index in [4.69, 9.17) is 4.74 Å². The molecule has 1 aromatic heterocycles. The molecule has 2 aromatic carbocycles. The van der Waals surface area contributed by atoms with E-state index in [9.17, 15) is 4.79 Å². The van der Waals surface area contributed by atoms with E-state index in [1.54, 1.807) is 7.11 Å². The van der Waals surface area contributed by atoms with Crippen LogP contribution >= 0.6 is 0 Å². The Kier molecular flexibility index (Phi) is 5.49. The van der Waals surface area contributed by atoms with E-state index in [-0.39, 0.29) is 12.1 Å². The van der Waals surface area contributed by atoms with Gasteiger partial charge in [0.05, 0.1) is 6.10 Å². The molecule has 0 fully saturated rings. The topological polar surface area (TPSA) is 55.3 Å². The molecule has 0 aliphatic heterocycles. The Hall–Kier alpha value is -3.05. The quantitative estimate of drug-likeness (QED) is 0.716. The lowest BCUT2D eigenvalue weighted by Gasteiger charge is -2.17. The number of nitrogens with one attached hydrogen (secondary N) is 2. The van der Waals surface area contributed by atoms with Crippen LogP contribution < -0.4 is 10.6 Å². The molecule has 128 valence electrons. The van der Waals surface area contributed by atoms with Gasteiger partial charge in [0.2, 0.25) is 0 Å². The van der Waals surface area contributed by atoms with Gasteiger partial charge in [-0.05, 0) is 35.9 Å². The lowest BCUT2D eigenvalue weighted by atomic mass is 10.1. The highest BCUT2D eigenvalue weighted by molar-refractivity contribution is 5.89. The van der Waals surface area contributed by atoms with Gasteiger partial charge in [-0.15, -0.1) is 0 Å². The van der Waals surface area contributed by atoms with Crippen molar-refractivity contribution in [1.29, 1.82) is 0 Å². The normalized spacial score (nSPS) is 11.7. The van der Waals surface area contributed by atoms with E-state index in [1.807, 2.05) is 83.7 Å². The van der Waals surface area contributed by atoms with Gasteiger partial charge in [-0.3, -0.25) is 0 Å². The van der Waals surface area contributed by atoms with Gasteiger partial charge in [-0.25, -0.2) is 4.79 Å². The summed E-state index contributed by atoms with van der Waals surface area (Å²) >= 11 is 0. The number of rotatable bonds is 6. The number of ether oxygens (including phenoxy) is 1. The minimum atomic E-state index is -0.261. The van der Waals surface area contributed by atoms with Crippen molar-refractivity contribution in [2.75, 3.05) is 19.0 Å². The lowest BCUT2D eigenvalue weighted by molar-refractivity contribution is 0.104. The van der Waals surface area contributed by atoms with Crippen molar-refractivity contribution in [1.82, 2.24) is 9.88 Å². The molecule has 1 unspecified atom stereocenters. The van der Waals surface area contributed by atoms with E-state index >= 15 is 0 Å². The van der Waals surface area contributed by atoms with Gasteiger partial charge in [0.1, 0.15) is 0 Å². The van der Waals surface area contributed by atoms with Crippen molar-refractivity contribution in [3.8, 4) is 5.69 Å². The molecule has 25 heavy (non-hydrogen) atoms. The lowest BCUT2D eigenvalue weighted by Crippen LogP contribution is -2.32. The molecule has 0 saturated heterocycles. The number of hydrogen-bond acceptors (Lipinski definition) is 2. The molecule has 5 nitrogen and oxygen atoms in total. The van der Waals surface area contributed by atoms with E-state index in [0.29, 0.717) is 6.54 Å². The fourth-order valence-electron chi connectivity index (χ4n) is 2.62. The van der Waals surface area contributed by atoms with Crippen molar-refractivity contribution in [2.24, 2.45) is 0 Å². The van der Waals surface area contributed by atoms with Crippen molar-refractivity contribution in [3.63, 3.8) is 0 Å². The molecule has 3 aromatic rings. The van der Waals surface area contributed by atoms with Crippen LogP contribution in [0, 0.1) is 0 Å². The first-order valence-electron chi connectivity index (χ1n) is 8.12. The summed E-state index contributed by atoms with van der Waals surface area (Å²) in [7, 11) is 1.64. The third kappa shape index (κ3) is 4.49. The van der Waals surface area contributed by atoms with Crippen LogP contribution in [0.3, 0.4) is 0 Å². The molecule has 3 rings (SSSR count). The molecule has 0 bridgehead atoms. The largest absolute Gasteiger partial charge is 0.375 e. The highest BCUT2D eigenvalue weighted by Crippen LogP contribution is 2.16. The standard InChI is InChI=1S/C20H21N3O2/c1-25-19(16-8-3-2-4-9-16)15-21-20(24)22-17-10-7-11-18(14-17)23-12-5-6-13-23/h2-14,19H,15H2,1H3,(H2,21,22,24). The molecule has 2 amide bonds. The first-order valence-corrected chi connectivity index (χ1v) is 8.12. The smallest absolute Gasteiger partial charge is 0.319 e. The average molecular weight is 335 g/mol. The summed E-state index contributed by atoms with van der Waals surface area (Å²) in [5.41, 5.74) is 2.75. The first-order chi connectivity index (χ1) is 12.3. The van der Waals surface area contributed by atoms with E-state index in [2.05, 4.69) is 10.6 Å². The molecule has 0 saturated carbocycles. The minimum absolute atomic E-state index is 0.182. The molecule has 1 heterocycles. The molecule has 0 aliphatic rings. The second-order valence-corrected chi connectivity index (χ2v) is 5.61. The van der Waals surface area contributed by atoms with Crippen molar-refractivity contribution in [2.45, 2.75) is 6.10 Å². The number of carbonyl (C=O) groups is 1. The molecular formula is C20H21N3O2.